The SMILES string of the molecule is COc1ccc(CNC(=O)c2nc(-c3ccc(Cl)cc3)no2)cc1. The summed E-state index contributed by atoms with van der Waals surface area (Å²) in [7, 11) is 1.60. The van der Waals surface area contributed by atoms with Gasteiger partial charge in [-0.1, -0.05) is 28.9 Å². The van der Waals surface area contributed by atoms with E-state index in [9.17, 15) is 4.79 Å². The Balaban J connectivity index is 1.64. The van der Waals surface area contributed by atoms with E-state index in [2.05, 4.69) is 15.5 Å². The third-order valence-electron chi connectivity index (χ3n) is 3.33. The Kier molecular flexibility index (Phi) is 4.77. The molecule has 0 fully saturated rings. The summed E-state index contributed by atoms with van der Waals surface area (Å²) in [5.74, 6) is 0.572. The van der Waals surface area contributed by atoms with Crippen LogP contribution in [0.15, 0.2) is 53.1 Å². The van der Waals surface area contributed by atoms with Gasteiger partial charge in [-0.15, -0.1) is 0 Å². The molecule has 1 aromatic heterocycles. The zero-order valence-corrected chi connectivity index (χ0v) is 13.6. The number of rotatable bonds is 5. The Bertz CT molecular complexity index is 829. The maximum Gasteiger partial charge on any atom is 0.316 e. The lowest BCUT2D eigenvalue weighted by Gasteiger charge is -2.04. The van der Waals surface area contributed by atoms with Crippen molar-refractivity contribution in [2.45, 2.75) is 6.54 Å². The Morgan fingerprint density at radius 3 is 2.54 bits per heavy atom. The van der Waals surface area contributed by atoms with Gasteiger partial charge in [-0.3, -0.25) is 4.79 Å². The van der Waals surface area contributed by atoms with Crippen molar-refractivity contribution >= 4 is 17.5 Å². The molecule has 2 aromatic carbocycles. The number of hydrogen-bond acceptors (Lipinski definition) is 5. The lowest BCUT2D eigenvalue weighted by Crippen LogP contribution is -2.23. The van der Waals surface area contributed by atoms with Crippen molar-refractivity contribution in [1.29, 1.82) is 0 Å². The van der Waals surface area contributed by atoms with Crippen LogP contribution in [-0.2, 0) is 6.54 Å². The predicted molar refractivity (Wildman–Crippen MR) is 88.9 cm³/mol. The number of nitrogens with zero attached hydrogens (tertiary/aromatic N) is 2. The van der Waals surface area contributed by atoms with Crippen LogP contribution in [0.3, 0.4) is 0 Å². The molecular formula is C17H14ClN3O3. The summed E-state index contributed by atoms with van der Waals surface area (Å²) < 4.78 is 10.1. The molecule has 1 amide bonds. The van der Waals surface area contributed by atoms with Gasteiger partial charge < -0.3 is 14.6 Å². The minimum absolute atomic E-state index is 0.0894. The molecule has 0 unspecified atom stereocenters. The second-order valence-corrected chi connectivity index (χ2v) is 5.40. The van der Waals surface area contributed by atoms with Gasteiger partial charge in [0.2, 0.25) is 5.82 Å². The van der Waals surface area contributed by atoms with E-state index in [0.717, 1.165) is 16.9 Å². The van der Waals surface area contributed by atoms with E-state index in [1.807, 2.05) is 24.3 Å². The van der Waals surface area contributed by atoms with E-state index >= 15 is 0 Å². The van der Waals surface area contributed by atoms with Crippen LogP contribution in [0, 0.1) is 0 Å². The summed E-state index contributed by atoms with van der Waals surface area (Å²) in [6.45, 7) is 0.349. The van der Waals surface area contributed by atoms with E-state index < -0.39 is 5.91 Å². The van der Waals surface area contributed by atoms with Crippen LogP contribution < -0.4 is 10.1 Å². The summed E-state index contributed by atoms with van der Waals surface area (Å²) in [6, 6.07) is 14.3. The van der Waals surface area contributed by atoms with Crippen molar-refractivity contribution in [3.8, 4) is 17.1 Å². The first-order chi connectivity index (χ1) is 11.7. The average Bonchev–Trinajstić information content (AvgIpc) is 3.11. The molecule has 0 radical (unpaired) electrons. The van der Waals surface area contributed by atoms with Crippen LogP contribution in [-0.4, -0.2) is 23.2 Å². The molecule has 0 aliphatic rings. The van der Waals surface area contributed by atoms with E-state index in [-0.39, 0.29) is 5.89 Å². The number of ether oxygens (including phenoxy) is 1. The molecule has 0 spiro atoms. The topological polar surface area (TPSA) is 77.2 Å². The van der Waals surface area contributed by atoms with Crippen molar-refractivity contribution in [3.63, 3.8) is 0 Å². The molecule has 6 nitrogen and oxygen atoms in total. The molecule has 0 bridgehead atoms. The molecule has 7 heteroatoms. The first-order valence-electron chi connectivity index (χ1n) is 7.16. The number of benzene rings is 2. The van der Waals surface area contributed by atoms with Crippen LogP contribution in [0.5, 0.6) is 5.75 Å². The smallest absolute Gasteiger partial charge is 0.316 e. The monoisotopic (exact) mass is 343 g/mol. The van der Waals surface area contributed by atoms with Crippen molar-refractivity contribution < 1.29 is 14.1 Å². The van der Waals surface area contributed by atoms with E-state index in [1.165, 1.54) is 0 Å². The van der Waals surface area contributed by atoms with Crippen LogP contribution in [0.1, 0.15) is 16.2 Å². The molecule has 3 aromatic rings. The lowest BCUT2D eigenvalue weighted by atomic mass is 10.2. The third-order valence-corrected chi connectivity index (χ3v) is 3.59. The molecule has 1 heterocycles. The summed E-state index contributed by atoms with van der Waals surface area (Å²) in [5.41, 5.74) is 1.65. The fourth-order valence-electron chi connectivity index (χ4n) is 2.03. The van der Waals surface area contributed by atoms with Gasteiger partial charge in [0.1, 0.15) is 5.75 Å². The van der Waals surface area contributed by atoms with Gasteiger partial charge in [0.15, 0.2) is 0 Å². The van der Waals surface area contributed by atoms with Crippen molar-refractivity contribution in [3.05, 3.63) is 65.0 Å². The number of carbonyl (C=O) groups excluding carboxylic acids is 1. The highest BCUT2D eigenvalue weighted by atomic mass is 35.5. The van der Waals surface area contributed by atoms with Gasteiger partial charge in [-0.05, 0) is 42.0 Å². The van der Waals surface area contributed by atoms with Gasteiger partial charge in [0.25, 0.3) is 0 Å². The fraction of sp³-hybridized carbons (Fsp3) is 0.118. The molecule has 0 atom stereocenters. The van der Waals surface area contributed by atoms with Crippen LogP contribution >= 0.6 is 11.6 Å². The molecule has 24 heavy (non-hydrogen) atoms. The van der Waals surface area contributed by atoms with E-state index in [0.29, 0.717) is 17.4 Å². The number of nitrogens with one attached hydrogen (secondary N) is 1. The van der Waals surface area contributed by atoms with Crippen LogP contribution in [0.25, 0.3) is 11.4 Å². The van der Waals surface area contributed by atoms with Gasteiger partial charge in [0, 0.05) is 17.1 Å². The Hall–Kier alpha value is -2.86. The highest BCUT2D eigenvalue weighted by molar-refractivity contribution is 6.30. The number of hydrogen-bond donors (Lipinski definition) is 1. The Morgan fingerprint density at radius 2 is 1.88 bits per heavy atom. The lowest BCUT2D eigenvalue weighted by molar-refractivity contribution is 0.0907. The van der Waals surface area contributed by atoms with Crippen LogP contribution in [0.4, 0.5) is 0 Å². The van der Waals surface area contributed by atoms with Crippen molar-refractivity contribution in [2.24, 2.45) is 0 Å². The molecule has 3 rings (SSSR count). The normalized spacial score (nSPS) is 10.4. The summed E-state index contributed by atoms with van der Waals surface area (Å²) in [4.78, 5) is 16.2. The van der Waals surface area contributed by atoms with Gasteiger partial charge in [-0.25, -0.2) is 0 Å². The predicted octanol–water partition coefficient (Wildman–Crippen LogP) is 3.33. The summed E-state index contributed by atoms with van der Waals surface area (Å²) in [6.07, 6.45) is 0. The zero-order valence-electron chi connectivity index (χ0n) is 12.8. The number of amides is 1. The number of methoxy groups -OCH3 is 1. The molecule has 0 aliphatic carbocycles. The number of halogens is 1. The average molecular weight is 344 g/mol. The summed E-state index contributed by atoms with van der Waals surface area (Å²) in [5, 5.41) is 7.15. The van der Waals surface area contributed by atoms with Gasteiger partial charge >= 0.3 is 11.8 Å². The Morgan fingerprint density at radius 1 is 1.17 bits per heavy atom. The molecule has 122 valence electrons. The zero-order chi connectivity index (χ0) is 16.9. The highest BCUT2D eigenvalue weighted by Crippen LogP contribution is 2.18. The first-order valence-corrected chi connectivity index (χ1v) is 7.54. The standard InChI is InChI=1S/C17H14ClN3O3/c1-23-14-8-2-11(3-9-14)10-19-16(22)17-20-15(21-24-17)12-4-6-13(18)7-5-12/h2-9H,10H2,1H3,(H,19,22). The largest absolute Gasteiger partial charge is 0.497 e. The Labute approximate surface area is 143 Å². The molecule has 0 saturated carbocycles. The third kappa shape index (κ3) is 3.72. The van der Waals surface area contributed by atoms with Gasteiger partial charge in [-0.2, -0.15) is 4.98 Å². The van der Waals surface area contributed by atoms with Crippen LogP contribution in [0.2, 0.25) is 5.02 Å². The first kappa shape index (κ1) is 16.0. The molecular weight excluding hydrogens is 330 g/mol. The second-order valence-electron chi connectivity index (χ2n) is 4.96. The quantitative estimate of drug-likeness (QED) is 0.768. The highest BCUT2D eigenvalue weighted by Gasteiger charge is 2.15. The van der Waals surface area contributed by atoms with E-state index in [4.69, 9.17) is 20.9 Å². The second kappa shape index (κ2) is 7.14. The summed E-state index contributed by atoms with van der Waals surface area (Å²) >= 11 is 5.84. The molecule has 1 N–H and O–H groups in total. The molecule has 0 aliphatic heterocycles. The van der Waals surface area contributed by atoms with Crippen molar-refractivity contribution in [2.75, 3.05) is 7.11 Å². The number of carbonyl (C=O) groups is 1. The van der Waals surface area contributed by atoms with E-state index in [1.54, 1.807) is 31.4 Å². The maximum absolute atomic E-state index is 12.1. The maximum atomic E-state index is 12.1. The molecule has 0 saturated heterocycles. The minimum atomic E-state index is -0.432. The van der Waals surface area contributed by atoms with Crippen molar-refractivity contribution in [1.82, 2.24) is 15.5 Å². The number of aromatic nitrogens is 2. The minimum Gasteiger partial charge on any atom is -0.497 e. The fourth-order valence-corrected chi connectivity index (χ4v) is 2.16. The van der Waals surface area contributed by atoms with Gasteiger partial charge in [0.05, 0.1) is 7.11 Å².